The van der Waals surface area contributed by atoms with Crippen LogP contribution in [0, 0.1) is 16.9 Å². The predicted molar refractivity (Wildman–Crippen MR) is 40.6 cm³/mol. The van der Waals surface area contributed by atoms with E-state index in [0.29, 0.717) is 0 Å². The molecule has 0 fully saturated rings. The molecule has 0 aromatic heterocycles. The molecule has 0 heterocycles. The van der Waals surface area contributed by atoms with Crippen LogP contribution in [0.2, 0.25) is 0 Å². The van der Waals surface area contributed by atoms with Crippen LogP contribution in [0.1, 0.15) is 0 Å². The summed E-state index contributed by atoms with van der Waals surface area (Å²) in [4.78, 5) is 0. The summed E-state index contributed by atoms with van der Waals surface area (Å²) in [6.45, 7) is -1.62. The van der Waals surface area contributed by atoms with Gasteiger partial charge >= 0.3 is 0 Å². The Balaban J connectivity index is 0. The zero-order valence-electron chi connectivity index (χ0n) is 6.64. The molecule has 0 atom stereocenters. The maximum Gasteiger partial charge on any atom is 0.173 e. The first-order chi connectivity index (χ1) is 5.66. The SMILES string of the molecule is N#CN.OCC(CO)(CO)CO. The van der Waals surface area contributed by atoms with E-state index in [1.807, 2.05) is 0 Å². The van der Waals surface area contributed by atoms with Crippen molar-refractivity contribution >= 4 is 0 Å². The largest absolute Gasteiger partial charge is 0.396 e. The van der Waals surface area contributed by atoms with Crippen molar-refractivity contribution in [2.24, 2.45) is 11.1 Å². The minimum atomic E-state index is -1.11. The van der Waals surface area contributed by atoms with Crippen LogP contribution in [0.4, 0.5) is 0 Å². The summed E-state index contributed by atoms with van der Waals surface area (Å²) in [5.41, 5.74) is 3.04. The molecule has 0 unspecified atom stereocenters. The van der Waals surface area contributed by atoms with Crippen molar-refractivity contribution < 1.29 is 20.4 Å². The Kier molecular flexibility index (Phi) is 9.40. The highest BCUT2D eigenvalue weighted by Gasteiger charge is 2.26. The zero-order chi connectivity index (χ0) is 10.0. The van der Waals surface area contributed by atoms with Gasteiger partial charge in [-0.05, 0) is 0 Å². The van der Waals surface area contributed by atoms with Crippen LogP contribution < -0.4 is 5.73 Å². The summed E-state index contributed by atoms with van der Waals surface area (Å²) >= 11 is 0. The van der Waals surface area contributed by atoms with Crippen molar-refractivity contribution in [1.29, 1.82) is 5.26 Å². The molecule has 6 nitrogen and oxygen atoms in total. The lowest BCUT2D eigenvalue weighted by molar-refractivity contribution is -0.0328. The van der Waals surface area contributed by atoms with Gasteiger partial charge in [-0.1, -0.05) is 0 Å². The summed E-state index contributed by atoms with van der Waals surface area (Å²) in [6.07, 6.45) is 1.25. The Morgan fingerprint density at radius 1 is 1.00 bits per heavy atom. The molecule has 0 saturated carbocycles. The lowest BCUT2D eigenvalue weighted by Gasteiger charge is -2.23. The summed E-state index contributed by atoms with van der Waals surface area (Å²) in [5, 5.41) is 41.1. The summed E-state index contributed by atoms with van der Waals surface area (Å²) in [7, 11) is 0. The van der Waals surface area contributed by atoms with Crippen molar-refractivity contribution in [3.8, 4) is 6.19 Å². The summed E-state index contributed by atoms with van der Waals surface area (Å²) in [6, 6.07) is 0. The van der Waals surface area contributed by atoms with Gasteiger partial charge in [-0.15, -0.1) is 0 Å². The van der Waals surface area contributed by atoms with E-state index in [9.17, 15) is 0 Å². The molecule has 0 saturated heterocycles. The number of hydrogen-bond acceptors (Lipinski definition) is 6. The highest BCUT2D eigenvalue weighted by Crippen LogP contribution is 2.11. The number of nitrogens with zero attached hydrogens (tertiary/aromatic N) is 1. The van der Waals surface area contributed by atoms with E-state index >= 15 is 0 Å². The second kappa shape index (κ2) is 8.23. The first-order valence-electron chi connectivity index (χ1n) is 3.19. The van der Waals surface area contributed by atoms with E-state index in [1.165, 1.54) is 6.19 Å². The van der Waals surface area contributed by atoms with E-state index in [0.717, 1.165) is 0 Å². The molecule has 0 aliphatic heterocycles. The Labute approximate surface area is 70.5 Å². The third-order valence-electron chi connectivity index (χ3n) is 1.34. The molecule has 0 amide bonds. The van der Waals surface area contributed by atoms with Crippen LogP contribution >= 0.6 is 0 Å². The molecular formula is C6H14N2O4. The van der Waals surface area contributed by atoms with Gasteiger partial charge in [0.15, 0.2) is 6.19 Å². The number of aliphatic hydroxyl groups is 4. The predicted octanol–water partition coefficient (Wildman–Crippen LogP) is -2.63. The van der Waals surface area contributed by atoms with Crippen LogP contribution in [-0.4, -0.2) is 46.9 Å². The molecule has 72 valence electrons. The molecule has 0 aromatic rings. The molecule has 0 radical (unpaired) electrons. The standard InChI is InChI=1S/C5H12O4.CH2N2/c6-1-5(2-7,3-8)4-9;2-1-3/h6-9H,1-4H2;2H2. The van der Waals surface area contributed by atoms with E-state index < -0.39 is 31.8 Å². The molecule has 0 rings (SSSR count). The first kappa shape index (κ1) is 13.7. The van der Waals surface area contributed by atoms with Crippen LogP contribution in [0.3, 0.4) is 0 Å². The van der Waals surface area contributed by atoms with Gasteiger partial charge < -0.3 is 26.2 Å². The van der Waals surface area contributed by atoms with Crippen molar-refractivity contribution in [2.45, 2.75) is 0 Å². The van der Waals surface area contributed by atoms with E-state index in [1.54, 1.807) is 0 Å². The molecule has 0 aromatic carbocycles. The van der Waals surface area contributed by atoms with Crippen LogP contribution in [0.15, 0.2) is 0 Å². The fourth-order valence-electron chi connectivity index (χ4n) is 0.300. The average molecular weight is 178 g/mol. The molecule has 6 heteroatoms. The lowest BCUT2D eigenvalue weighted by Crippen LogP contribution is -2.37. The fourth-order valence-corrected chi connectivity index (χ4v) is 0.300. The monoisotopic (exact) mass is 178 g/mol. The second-order valence-electron chi connectivity index (χ2n) is 2.26. The number of nitriles is 1. The maximum atomic E-state index is 8.50. The Morgan fingerprint density at radius 3 is 1.17 bits per heavy atom. The number of rotatable bonds is 4. The first-order valence-corrected chi connectivity index (χ1v) is 3.19. The number of aliphatic hydroxyl groups excluding tert-OH is 4. The second-order valence-corrected chi connectivity index (χ2v) is 2.26. The van der Waals surface area contributed by atoms with Crippen LogP contribution in [0.25, 0.3) is 0 Å². The molecule has 6 N–H and O–H groups in total. The van der Waals surface area contributed by atoms with Crippen molar-refractivity contribution in [2.75, 3.05) is 26.4 Å². The van der Waals surface area contributed by atoms with E-state index in [4.69, 9.17) is 25.7 Å². The van der Waals surface area contributed by atoms with Crippen molar-refractivity contribution in [3.63, 3.8) is 0 Å². The molecule has 0 bridgehead atoms. The molecule has 0 aliphatic rings. The number of nitrogens with two attached hydrogens (primary N) is 1. The Bertz CT molecular complexity index is 112. The number of hydrogen-bond donors (Lipinski definition) is 5. The van der Waals surface area contributed by atoms with Gasteiger partial charge in [0.05, 0.1) is 31.8 Å². The summed E-state index contributed by atoms with van der Waals surface area (Å²) in [5.74, 6) is 0. The molecule has 0 aliphatic carbocycles. The average Bonchev–Trinajstić information content (AvgIpc) is 2.11. The van der Waals surface area contributed by atoms with Gasteiger partial charge in [-0.25, -0.2) is 0 Å². The minimum Gasteiger partial charge on any atom is -0.396 e. The van der Waals surface area contributed by atoms with Gasteiger partial charge in [0.1, 0.15) is 0 Å². The van der Waals surface area contributed by atoms with Gasteiger partial charge in [-0.2, -0.15) is 5.26 Å². The maximum absolute atomic E-state index is 8.50. The molecular weight excluding hydrogens is 164 g/mol. The van der Waals surface area contributed by atoms with Gasteiger partial charge in [0.25, 0.3) is 0 Å². The Morgan fingerprint density at radius 2 is 1.17 bits per heavy atom. The topological polar surface area (TPSA) is 131 Å². The quantitative estimate of drug-likeness (QED) is 0.236. The van der Waals surface area contributed by atoms with Gasteiger partial charge in [0.2, 0.25) is 0 Å². The smallest absolute Gasteiger partial charge is 0.173 e. The molecule has 12 heavy (non-hydrogen) atoms. The van der Waals surface area contributed by atoms with Gasteiger partial charge in [0, 0.05) is 0 Å². The summed E-state index contributed by atoms with van der Waals surface area (Å²) < 4.78 is 0. The van der Waals surface area contributed by atoms with E-state index in [-0.39, 0.29) is 0 Å². The lowest BCUT2D eigenvalue weighted by atomic mass is 9.93. The van der Waals surface area contributed by atoms with Crippen LogP contribution in [-0.2, 0) is 0 Å². The van der Waals surface area contributed by atoms with Crippen molar-refractivity contribution in [3.05, 3.63) is 0 Å². The third kappa shape index (κ3) is 4.87. The third-order valence-corrected chi connectivity index (χ3v) is 1.34. The Hall–Kier alpha value is -0.870. The highest BCUT2D eigenvalue weighted by atomic mass is 16.3. The van der Waals surface area contributed by atoms with Crippen molar-refractivity contribution in [1.82, 2.24) is 0 Å². The minimum absolute atomic E-state index is 0.406. The van der Waals surface area contributed by atoms with E-state index in [2.05, 4.69) is 5.73 Å². The van der Waals surface area contributed by atoms with Crippen LogP contribution in [0.5, 0.6) is 0 Å². The fraction of sp³-hybridized carbons (Fsp3) is 0.833. The molecule has 0 spiro atoms. The normalized spacial score (nSPS) is 9.58. The zero-order valence-corrected chi connectivity index (χ0v) is 6.64. The highest BCUT2D eigenvalue weighted by molar-refractivity contribution is 4.74. The van der Waals surface area contributed by atoms with Gasteiger partial charge in [-0.3, -0.25) is 0 Å².